The summed E-state index contributed by atoms with van der Waals surface area (Å²) in [6.07, 6.45) is 0.676. The molecule has 49 heavy (non-hydrogen) atoms. The van der Waals surface area contributed by atoms with Crippen LogP contribution in [0.5, 0.6) is 0 Å². The second-order valence-corrected chi connectivity index (χ2v) is 12.6. The van der Waals surface area contributed by atoms with Crippen LogP contribution in [0.1, 0.15) is 47.2 Å². The van der Waals surface area contributed by atoms with Crippen LogP contribution < -0.4 is 16.8 Å². The van der Waals surface area contributed by atoms with Crippen LogP contribution in [0, 0.1) is 13.7 Å². The van der Waals surface area contributed by atoms with Gasteiger partial charge in [-0.25, -0.2) is 14.9 Å². The molecule has 1 heterocycles. The lowest BCUT2D eigenvalue weighted by atomic mass is 10.0. The Morgan fingerprint density at radius 1 is 1.00 bits per heavy atom. The summed E-state index contributed by atoms with van der Waals surface area (Å²) in [6.45, 7) is 0.188. The number of halogens is 1. The number of likely N-dealkylation sites (tertiary alicyclic amines) is 1. The number of esters is 1. The number of hydrogen-bond donors (Lipinski definition) is 3. The first-order chi connectivity index (χ1) is 23.5. The molecule has 3 amide bonds. The molecule has 1 fully saturated rings. The van der Waals surface area contributed by atoms with Crippen LogP contribution in [-0.2, 0) is 32.1 Å². The smallest absolute Gasteiger partial charge is 0.335 e. The third-order valence-electron chi connectivity index (χ3n) is 7.93. The molecule has 3 aromatic rings. The molecule has 5 N–H and O–H groups in total. The first-order valence-corrected chi connectivity index (χ1v) is 16.8. The van der Waals surface area contributed by atoms with Gasteiger partial charge in [-0.3, -0.25) is 19.4 Å². The number of carbonyl (C=O) groups is 4. The van der Waals surface area contributed by atoms with Gasteiger partial charge in [-0.15, -0.1) is 0 Å². The molecule has 14 nitrogen and oxygen atoms in total. The fourth-order valence-electron chi connectivity index (χ4n) is 5.52. The Hall–Kier alpha value is -5.06. The summed E-state index contributed by atoms with van der Waals surface area (Å²) in [4.78, 5) is 72.7. The van der Waals surface area contributed by atoms with Gasteiger partial charge in [-0.05, 0) is 88.7 Å². The van der Waals surface area contributed by atoms with Gasteiger partial charge >= 0.3 is 11.9 Å². The van der Waals surface area contributed by atoms with Gasteiger partial charge in [0.2, 0.25) is 5.91 Å². The van der Waals surface area contributed by atoms with Crippen molar-refractivity contribution in [2.75, 3.05) is 13.1 Å². The van der Waals surface area contributed by atoms with E-state index in [0.717, 1.165) is 3.57 Å². The monoisotopic (exact) mass is 783 g/mol. The number of amides is 3. The zero-order valence-electron chi connectivity index (χ0n) is 26.7. The SMILES string of the molecule is NC(N)=NCCC[C@@H](C(=O)OCc1ccccc1)N(C(=O)[C@H](Cc1ccccc1)NC(=O)[C@@H]1CCCN1C(=O)c1ccc(I)cc1)[N+](=O)[O-]. The Labute approximate surface area is 297 Å². The maximum Gasteiger partial charge on any atom is 0.335 e. The second kappa shape index (κ2) is 17.9. The van der Waals surface area contributed by atoms with Crippen molar-refractivity contribution < 1.29 is 28.9 Å². The van der Waals surface area contributed by atoms with E-state index in [1.54, 1.807) is 84.9 Å². The molecule has 0 saturated carbocycles. The maximum atomic E-state index is 14.2. The fraction of sp³-hybridized carbons (Fsp3) is 0.324. The van der Waals surface area contributed by atoms with Crippen LogP contribution >= 0.6 is 22.6 Å². The number of nitrogens with one attached hydrogen (secondary N) is 1. The molecule has 1 aliphatic rings. The van der Waals surface area contributed by atoms with Gasteiger partial charge in [-0.1, -0.05) is 60.7 Å². The highest BCUT2D eigenvalue weighted by atomic mass is 127. The normalized spacial score (nSPS) is 15.0. The largest absolute Gasteiger partial charge is 0.459 e. The van der Waals surface area contributed by atoms with E-state index in [1.807, 2.05) is 0 Å². The van der Waals surface area contributed by atoms with Gasteiger partial charge in [0.1, 0.15) is 18.7 Å². The van der Waals surface area contributed by atoms with Crippen LogP contribution in [0.25, 0.3) is 0 Å². The summed E-state index contributed by atoms with van der Waals surface area (Å²) < 4.78 is 6.39. The van der Waals surface area contributed by atoms with Gasteiger partial charge in [0.25, 0.3) is 5.91 Å². The van der Waals surface area contributed by atoms with Crippen molar-refractivity contribution >= 4 is 52.2 Å². The number of aliphatic imine (C=N–C) groups is 1. The number of ether oxygens (including phenoxy) is 1. The van der Waals surface area contributed by atoms with E-state index in [0.29, 0.717) is 36.1 Å². The molecule has 0 unspecified atom stereocenters. The zero-order valence-corrected chi connectivity index (χ0v) is 28.8. The second-order valence-electron chi connectivity index (χ2n) is 11.4. The first-order valence-electron chi connectivity index (χ1n) is 15.7. The molecule has 1 aliphatic heterocycles. The van der Waals surface area contributed by atoms with E-state index in [4.69, 9.17) is 16.2 Å². The highest BCUT2D eigenvalue weighted by molar-refractivity contribution is 14.1. The molecule has 3 atom stereocenters. The molecular weight excluding hydrogens is 745 g/mol. The molecule has 15 heteroatoms. The van der Waals surface area contributed by atoms with Crippen LogP contribution in [-0.4, -0.2) is 75.8 Å². The van der Waals surface area contributed by atoms with Gasteiger partial charge < -0.3 is 26.4 Å². The van der Waals surface area contributed by atoms with Crippen molar-refractivity contribution in [3.05, 3.63) is 115 Å². The van der Waals surface area contributed by atoms with E-state index in [-0.39, 0.29) is 49.3 Å². The number of nitrogens with zero attached hydrogens (tertiary/aromatic N) is 4. The third-order valence-corrected chi connectivity index (χ3v) is 8.65. The standard InChI is InChI=1S/C34H38IN7O7/c35-26-17-15-25(16-18-26)31(44)40-20-8-14-28(40)30(43)39-27(21-23-9-3-1-4-10-23)32(45)41(42(47)48)29(13-7-19-38-34(36)37)33(46)49-22-24-11-5-2-6-12-24/h1-6,9-12,15-18,27-29H,7-8,13-14,19-22H2,(H,39,43)(H4,36,37,38)/t27-,28-,29-/m0/s1. The average Bonchev–Trinajstić information content (AvgIpc) is 3.59. The predicted molar refractivity (Wildman–Crippen MR) is 189 cm³/mol. The number of nitro groups is 1. The van der Waals surface area contributed by atoms with Crippen LogP contribution in [0.2, 0.25) is 0 Å². The predicted octanol–water partition coefficient (Wildman–Crippen LogP) is 2.81. The van der Waals surface area contributed by atoms with E-state index < -0.39 is 40.9 Å². The summed E-state index contributed by atoms with van der Waals surface area (Å²) >= 11 is 2.13. The highest BCUT2D eigenvalue weighted by Gasteiger charge is 2.44. The number of nitrogens with two attached hydrogens (primary N) is 2. The Balaban J connectivity index is 1.61. The Bertz CT molecular complexity index is 1640. The minimum absolute atomic E-state index is 0.0425. The Kier molecular flexibility index (Phi) is 13.4. The minimum Gasteiger partial charge on any atom is -0.459 e. The summed E-state index contributed by atoms with van der Waals surface area (Å²) in [5.41, 5.74) is 12.5. The quantitative estimate of drug-likeness (QED) is 0.0394. The fourth-order valence-corrected chi connectivity index (χ4v) is 5.88. The molecule has 0 spiro atoms. The maximum absolute atomic E-state index is 14.2. The van der Waals surface area contributed by atoms with Crippen molar-refractivity contribution in [1.29, 1.82) is 0 Å². The molecule has 258 valence electrons. The number of hydrogen-bond acceptors (Lipinski definition) is 8. The number of guanidine groups is 1. The summed E-state index contributed by atoms with van der Waals surface area (Å²) in [5, 5.41) is 14.5. The zero-order chi connectivity index (χ0) is 35.3. The van der Waals surface area contributed by atoms with Crippen LogP contribution in [0.15, 0.2) is 89.9 Å². The van der Waals surface area contributed by atoms with Gasteiger partial charge in [-0.2, -0.15) is 0 Å². The minimum atomic E-state index is -1.67. The van der Waals surface area contributed by atoms with Crippen molar-refractivity contribution in [3.8, 4) is 0 Å². The first kappa shape index (κ1) is 36.8. The number of rotatable bonds is 15. The van der Waals surface area contributed by atoms with E-state index in [1.165, 1.54) is 4.90 Å². The summed E-state index contributed by atoms with van der Waals surface area (Å²) in [7, 11) is 0. The Morgan fingerprint density at radius 2 is 1.63 bits per heavy atom. The molecule has 0 radical (unpaired) electrons. The highest BCUT2D eigenvalue weighted by Crippen LogP contribution is 2.22. The average molecular weight is 784 g/mol. The number of hydrazine groups is 1. The van der Waals surface area contributed by atoms with Crippen molar-refractivity contribution in [3.63, 3.8) is 0 Å². The van der Waals surface area contributed by atoms with Crippen LogP contribution in [0.3, 0.4) is 0 Å². The van der Waals surface area contributed by atoms with Crippen molar-refractivity contribution in [1.82, 2.24) is 15.2 Å². The van der Waals surface area contributed by atoms with Gasteiger partial charge in [0.05, 0.1) is 0 Å². The molecule has 0 aliphatic carbocycles. The number of carbonyl (C=O) groups excluding carboxylic acids is 4. The lowest BCUT2D eigenvalue weighted by Crippen LogP contribution is -2.59. The van der Waals surface area contributed by atoms with Gasteiger partial charge in [0, 0.05) is 28.6 Å². The summed E-state index contributed by atoms with van der Waals surface area (Å²) in [5.74, 6) is -3.30. The van der Waals surface area contributed by atoms with E-state index in [9.17, 15) is 29.3 Å². The topological polar surface area (TPSA) is 204 Å². The van der Waals surface area contributed by atoms with Crippen molar-refractivity contribution in [2.45, 2.75) is 56.8 Å². The lowest BCUT2D eigenvalue weighted by Gasteiger charge is -2.28. The van der Waals surface area contributed by atoms with Crippen LogP contribution in [0.4, 0.5) is 0 Å². The van der Waals surface area contributed by atoms with Gasteiger partial charge in [0.15, 0.2) is 17.0 Å². The third kappa shape index (κ3) is 10.5. The number of benzene rings is 3. The Morgan fingerprint density at radius 3 is 2.24 bits per heavy atom. The molecule has 0 bridgehead atoms. The van der Waals surface area contributed by atoms with E-state index in [2.05, 4.69) is 32.9 Å². The molecule has 3 aromatic carbocycles. The van der Waals surface area contributed by atoms with E-state index >= 15 is 0 Å². The molecule has 0 aromatic heterocycles. The summed E-state index contributed by atoms with van der Waals surface area (Å²) in [6, 6.07) is 20.3. The molecule has 1 saturated heterocycles. The molecular formula is C34H38IN7O7. The molecule has 4 rings (SSSR count). The van der Waals surface area contributed by atoms with Crippen molar-refractivity contribution in [2.24, 2.45) is 16.5 Å². The lowest BCUT2D eigenvalue weighted by molar-refractivity contribution is -0.640.